The number of nitrogens with zero attached hydrogens (tertiary/aromatic N) is 1. The summed E-state index contributed by atoms with van der Waals surface area (Å²) in [5.74, 6) is -0.457. The lowest BCUT2D eigenvalue weighted by Gasteiger charge is -2.25. The standard InChI is InChI=1S/C15H21NO4/c1-4-14(17)16(10-9-15(18)19)12-7-5-6-8-13(12)20-11(2)3/h5-8,11H,4,9-10H2,1-3H3,(H,18,19). The van der Waals surface area contributed by atoms with Gasteiger partial charge in [0.1, 0.15) is 5.75 Å². The fourth-order valence-corrected chi connectivity index (χ4v) is 1.81. The first-order valence-electron chi connectivity index (χ1n) is 6.73. The van der Waals surface area contributed by atoms with Gasteiger partial charge in [-0.25, -0.2) is 0 Å². The zero-order chi connectivity index (χ0) is 15.1. The molecule has 0 atom stereocenters. The van der Waals surface area contributed by atoms with E-state index in [9.17, 15) is 9.59 Å². The predicted octanol–water partition coefficient (Wildman–Crippen LogP) is 2.69. The van der Waals surface area contributed by atoms with E-state index in [0.29, 0.717) is 17.9 Å². The van der Waals surface area contributed by atoms with E-state index in [4.69, 9.17) is 9.84 Å². The highest BCUT2D eigenvalue weighted by Crippen LogP contribution is 2.29. The lowest BCUT2D eigenvalue weighted by Crippen LogP contribution is -2.33. The van der Waals surface area contributed by atoms with E-state index in [1.807, 2.05) is 19.9 Å². The van der Waals surface area contributed by atoms with E-state index in [1.54, 1.807) is 25.1 Å². The molecule has 0 fully saturated rings. The number of anilines is 1. The van der Waals surface area contributed by atoms with Crippen LogP contribution in [0.3, 0.4) is 0 Å². The number of carboxylic acids is 1. The minimum absolute atomic E-state index is 0.0193. The van der Waals surface area contributed by atoms with Crippen molar-refractivity contribution >= 4 is 17.6 Å². The molecule has 0 saturated carbocycles. The number of carbonyl (C=O) groups is 2. The molecular formula is C15H21NO4. The van der Waals surface area contributed by atoms with Gasteiger partial charge in [-0.05, 0) is 26.0 Å². The van der Waals surface area contributed by atoms with Crippen LogP contribution < -0.4 is 9.64 Å². The summed E-state index contributed by atoms with van der Waals surface area (Å²) in [5.41, 5.74) is 0.620. The van der Waals surface area contributed by atoms with E-state index in [1.165, 1.54) is 4.90 Å². The number of hydrogen-bond donors (Lipinski definition) is 1. The van der Waals surface area contributed by atoms with Gasteiger partial charge in [0, 0.05) is 13.0 Å². The fourth-order valence-electron chi connectivity index (χ4n) is 1.81. The number of ether oxygens (including phenoxy) is 1. The van der Waals surface area contributed by atoms with Crippen molar-refractivity contribution in [2.24, 2.45) is 0 Å². The van der Waals surface area contributed by atoms with Gasteiger partial charge in [-0.3, -0.25) is 9.59 Å². The van der Waals surface area contributed by atoms with Crippen LogP contribution in [0.1, 0.15) is 33.6 Å². The highest BCUT2D eigenvalue weighted by Gasteiger charge is 2.19. The Hall–Kier alpha value is -2.04. The van der Waals surface area contributed by atoms with Crippen molar-refractivity contribution in [3.8, 4) is 5.75 Å². The largest absolute Gasteiger partial charge is 0.489 e. The molecule has 1 amide bonds. The number of carboxylic acid groups (broad SMARTS) is 1. The molecule has 0 spiro atoms. The van der Waals surface area contributed by atoms with Crippen molar-refractivity contribution < 1.29 is 19.4 Å². The Morgan fingerprint density at radius 2 is 1.95 bits per heavy atom. The average Bonchev–Trinajstić information content (AvgIpc) is 2.39. The second-order valence-electron chi connectivity index (χ2n) is 4.68. The van der Waals surface area contributed by atoms with Gasteiger partial charge < -0.3 is 14.7 Å². The van der Waals surface area contributed by atoms with Crippen molar-refractivity contribution in [2.75, 3.05) is 11.4 Å². The van der Waals surface area contributed by atoms with Crippen molar-refractivity contribution in [1.82, 2.24) is 0 Å². The van der Waals surface area contributed by atoms with Gasteiger partial charge in [0.2, 0.25) is 5.91 Å². The molecular weight excluding hydrogens is 258 g/mol. The van der Waals surface area contributed by atoms with Crippen LogP contribution in [0.4, 0.5) is 5.69 Å². The van der Waals surface area contributed by atoms with Gasteiger partial charge in [-0.2, -0.15) is 0 Å². The quantitative estimate of drug-likeness (QED) is 0.833. The van der Waals surface area contributed by atoms with Crippen LogP contribution in [0.2, 0.25) is 0 Å². The van der Waals surface area contributed by atoms with Gasteiger partial charge in [0.05, 0.1) is 18.2 Å². The van der Waals surface area contributed by atoms with E-state index in [-0.39, 0.29) is 25.0 Å². The van der Waals surface area contributed by atoms with Crippen molar-refractivity contribution in [1.29, 1.82) is 0 Å². The van der Waals surface area contributed by atoms with Crippen LogP contribution in [0.5, 0.6) is 5.75 Å². The number of carbonyl (C=O) groups excluding carboxylic acids is 1. The molecule has 0 unspecified atom stereocenters. The summed E-state index contributed by atoms with van der Waals surface area (Å²) in [6, 6.07) is 7.19. The summed E-state index contributed by atoms with van der Waals surface area (Å²) in [6.07, 6.45) is 0.200. The first kappa shape index (κ1) is 16.0. The summed E-state index contributed by atoms with van der Waals surface area (Å²) in [5, 5.41) is 8.81. The smallest absolute Gasteiger partial charge is 0.305 e. The average molecular weight is 279 g/mol. The molecule has 0 aliphatic rings. The first-order chi connectivity index (χ1) is 9.45. The molecule has 20 heavy (non-hydrogen) atoms. The zero-order valence-corrected chi connectivity index (χ0v) is 12.1. The molecule has 0 heterocycles. The maximum Gasteiger partial charge on any atom is 0.305 e. The molecule has 1 aromatic carbocycles. The van der Waals surface area contributed by atoms with E-state index >= 15 is 0 Å². The van der Waals surface area contributed by atoms with Crippen molar-refractivity contribution in [3.63, 3.8) is 0 Å². The maximum atomic E-state index is 12.0. The van der Waals surface area contributed by atoms with Crippen molar-refractivity contribution in [3.05, 3.63) is 24.3 Å². The third kappa shape index (κ3) is 4.57. The fraction of sp³-hybridized carbons (Fsp3) is 0.467. The maximum absolute atomic E-state index is 12.0. The van der Waals surface area contributed by atoms with E-state index < -0.39 is 5.97 Å². The lowest BCUT2D eigenvalue weighted by molar-refractivity contribution is -0.136. The third-order valence-corrected chi connectivity index (χ3v) is 2.67. The number of benzene rings is 1. The number of aliphatic carboxylic acids is 1. The topological polar surface area (TPSA) is 66.8 Å². The van der Waals surface area contributed by atoms with Gasteiger partial charge in [-0.15, -0.1) is 0 Å². The van der Waals surface area contributed by atoms with Gasteiger partial charge in [-0.1, -0.05) is 19.1 Å². The summed E-state index contributed by atoms with van der Waals surface area (Å²) in [6.45, 7) is 5.70. The molecule has 110 valence electrons. The summed E-state index contributed by atoms with van der Waals surface area (Å²) in [4.78, 5) is 24.3. The molecule has 5 nitrogen and oxygen atoms in total. The second kappa shape index (κ2) is 7.53. The summed E-state index contributed by atoms with van der Waals surface area (Å²) >= 11 is 0. The zero-order valence-electron chi connectivity index (χ0n) is 12.1. The monoisotopic (exact) mass is 279 g/mol. The number of rotatable bonds is 7. The van der Waals surface area contributed by atoms with Gasteiger partial charge in [0.15, 0.2) is 0 Å². The Labute approximate surface area is 119 Å². The van der Waals surface area contributed by atoms with E-state index in [2.05, 4.69) is 0 Å². The molecule has 0 aliphatic heterocycles. The highest BCUT2D eigenvalue weighted by molar-refractivity contribution is 5.95. The molecule has 0 aliphatic carbocycles. The van der Waals surface area contributed by atoms with Gasteiger partial charge in [0.25, 0.3) is 0 Å². The Bertz CT molecular complexity index is 471. The number of para-hydroxylation sites is 2. The SMILES string of the molecule is CCC(=O)N(CCC(=O)O)c1ccccc1OC(C)C. The normalized spacial score (nSPS) is 10.4. The molecule has 0 bridgehead atoms. The molecule has 1 aromatic rings. The Kier molecular flexibility index (Phi) is 6.03. The van der Waals surface area contributed by atoms with Crippen molar-refractivity contribution in [2.45, 2.75) is 39.7 Å². The van der Waals surface area contributed by atoms with Crippen LogP contribution in [-0.4, -0.2) is 29.6 Å². The van der Waals surface area contributed by atoms with Crippen LogP contribution in [0.25, 0.3) is 0 Å². The molecule has 5 heteroatoms. The van der Waals surface area contributed by atoms with Crippen LogP contribution in [-0.2, 0) is 9.59 Å². The Balaban J connectivity index is 3.05. The molecule has 0 radical (unpaired) electrons. The Morgan fingerprint density at radius 3 is 2.50 bits per heavy atom. The lowest BCUT2D eigenvalue weighted by atomic mass is 10.2. The highest BCUT2D eigenvalue weighted by atomic mass is 16.5. The van der Waals surface area contributed by atoms with Crippen LogP contribution in [0, 0.1) is 0 Å². The minimum Gasteiger partial charge on any atom is -0.489 e. The predicted molar refractivity (Wildman–Crippen MR) is 77.1 cm³/mol. The van der Waals surface area contributed by atoms with Crippen LogP contribution in [0.15, 0.2) is 24.3 Å². The minimum atomic E-state index is -0.929. The molecule has 1 N–H and O–H groups in total. The number of hydrogen-bond acceptors (Lipinski definition) is 3. The van der Waals surface area contributed by atoms with Gasteiger partial charge >= 0.3 is 5.97 Å². The number of amides is 1. The molecule has 1 rings (SSSR count). The first-order valence-corrected chi connectivity index (χ1v) is 6.73. The molecule has 0 saturated heterocycles. The molecule has 0 aromatic heterocycles. The second-order valence-corrected chi connectivity index (χ2v) is 4.68. The van der Waals surface area contributed by atoms with Crippen LogP contribution >= 0.6 is 0 Å². The van der Waals surface area contributed by atoms with E-state index in [0.717, 1.165) is 0 Å². The summed E-state index contributed by atoms with van der Waals surface area (Å²) < 4.78 is 5.69. The Morgan fingerprint density at radius 1 is 1.30 bits per heavy atom. The third-order valence-electron chi connectivity index (χ3n) is 2.67. The summed E-state index contributed by atoms with van der Waals surface area (Å²) in [7, 11) is 0.